The molecule has 0 saturated heterocycles. The zero-order chi connectivity index (χ0) is 11.2. The van der Waals surface area contributed by atoms with Gasteiger partial charge in [0, 0.05) is 25.4 Å². The summed E-state index contributed by atoms with van der Waals surface area (Å²) in [6.45, 7) is 0.654. The summed E-state index contributed by atoms with van der Waals surface area (Å²) in [4.78, 5) is 7.94. The van der Waals surface area contributed by atoms with Crippen LogP contribution < -0.4 is 5.32 Å². The van der Waals surface area contributed by atoms with Gasteiger partial charge in [0.15, 0.2) is 11.5 Å². The second-order valence-corrected chi connectivity index (χ2v) is 3.12. The first-order chi connectivity index (χ1) is 7.90. The number of furan rings is 1. The summed E-state index contributed by atoms with van der Waals surface area (Å²) in [5.41, 5.74) is 0.307. The normalized spacial score (nSPS) is 9.69. The van der Waals surface area contributed by atoms with Crippen molar-refractivity contribution in [3.63, 3.8) is 0 Å². The van der Waals surface area contributed by atoms with Gasteiger partial charge in [-0.2, -0.15) is 5.26 Å². The van der Waals surface area contributed by atoms with Gasteiger partial charge in [-0.05, 0) is 12.1 Å². The van der Waals surface area contributed by atoms with Crippen molar-refractivity contribution in [3.05, 3.63) is 42.2 Å². The second kappa shape index (κ2) is 4.94. The highest BCUT2D eigenvalue weighted by molar-refractivity contribution is 5.46. The minimum atomic E-state index is 0.307. The molecule has 0 aliphatic carbocycles. The van der Waals surface area contributed by atoms with Gasteiger partial charge < -0.3 is 9.73 Å². The predicted octanol–water partition coefficient (Wildman–Crippen LogP) is 1.60. The molecule has 0 atom stereocenters. The lowest BCUT2D eigenvalue weighted by Crippen LogP contribution is -2.08. The topological polar surface area (TPSA) is 74.7 Å². The average Bonchev–Trinajstić information content (AvgIpc) is 2.83. The van der Waals surface area contributed by atoms with E-state index in [1.165, 1.54) is 6.20 Å². The number of nitriles is 1. The molecule has 2 aromatic rings. The SMILES string of the molecule is N#Cc1nccnc1NCCc1ccco1. The first-order valence-corrected chi connectivity index (χ1v) is 4.87. The monoisotopic (exact) mass is 214 g/mol. The van der Waals surface area contributed by atoms with E-state index < -0.39 is 0 Å². The van der Waals surface area contributed by atoms with Crippen molar-refractivity contribution in [2.24, 2.45) is 0 Å². The average molecular weight is 214 g/mol. The van der Waals surface area contributed by atoms with E-state index in [4.69, 9.17) is 9.68 Å². The Hall–Kier alpha value is -2.35. The molecule has 80 valence electrons. The zero-order valence-corrected chi connectivity index (χ0v) is 8.55. The fourth-order valence-electron chi connectivity index (χ4n) is 1.31. The van der Waals surface area contributed by atoms with Gasteiger partial charge in [-0.25, -0.2) is 9.97 Å². The van der Waals surface area contributed by atoms with Crippen LogP contribution in [-0.4, -0.2) is 16.5 Å². The lowest BCUT2D eigenvalue weighted by molar-refractivity contribution is 0.513. The third-order valence-corrected chi connectivity index (χ3v) is 2.05. The molecule has 1 N–H and O–H groups in total. The van der Waals surface area contributed by atoms with Crippen LogP contribution in [0.3, 0.4) is 0 Å². The van der Waals surface area contributed by atoms with Crippen LogP contribution in [0.25, 0.3) is 0 Å². The first-order valence-electron chi connectivity index (χ1n) is 4.87. The highest BCUT2D eigenvalue weighted by atomic mass is 16.3. The Morgan fingerprint density at radius 3 is 3.00 bits per heavy atom. The molecule has 5 nitrogen and oxygen atoms in total. The van der Waals surface area contributed by atoms with E-state index in [9.17, 15) is 0 Å². The quantitative estimate of drug-likeness (QED) is 0.836. The number of nitrogens with one attached hydrogen (secondary N) is 1. The molecule has 0 aromatic carbocycles. The Morgan fingerprint density at radius 2 is 2.25 bits per heavy atom. The van der Waals surface area contributed by atoms with Crippen LogP contribution in [0, 0.1) is 11.3 Å². The molecular formula is C11H10N4O. The fraction of sp³-hybridized carbons (Fsp3) is 0.182. The van der Waals surface area contributed by atoms with Crippen LogP contribution in [0.15, 0.2) is 35.2 Å². The van der Waals surface area contributed by atoms with E-state index in [0.29, 0.717) is 18.1 Å². The molecule has 0 fully saturated rings. The van der Waals surface area contributed by atoms with Gasteiger partial charge in [0.05, 0.1) is 6.26 Å². The number of anilines is 1. The summed E-state index contributed by atoms with van der Waals surface area (Å²) < 4.78 is 5.19. The molecular weight excluding hydrogens is 204 g/mol. The maximum Gasteiger partial charge on any atom is 0.182 e. The van der Waals surface area contributed by atoms with Crippen molar-refractivity contribution in [1.82, 2.24) is 9.97 Å². The molecule has 5 heteroatoms. The summed E-state index contributed by atoms with van der Waals surface area (Å²) in [6, 6.07) is 5.73. The summed E-state index contributed by atoms with van der Waals surface area (Å²) >= 11 is 0. The molecule has 0 radical (unpaired) electrons. The van der Waals surface area contributed by atoms with Gasteiger partial charge in [0.1, 0.15) is 11.8 Å². The van der Waals surface area contributed by atoms with Crippen LogP contribution in [-0.2, 0) is 6.42 Å². The Labute approximate surface area is 92.8 Å². The van der Waals surface area contributed by atoms with Gasteiger partial charge in [-0.15, -0.1) is 0 Å². The minimum Gasteiger partial charge on any atom is -0.469 e. The van der Waals surface area contributed by atoms with Gasteiger partial charge in [-0.1, -0.05) is 0 Å². The Kier molecular flexibility index (Phi) is 3.14. The number of hydrogen-bond donors (Lipinski definition) is 1. The smallest absolute Gasteiger partial charge is 0.182 e. The standard InChI is InChI=1S/C11H10N4O/c12-8-10-11(15-6-5-13-10)14-4-3-9-2-1-7-16-9/h1-2,5-7H,3-4H2,(H,14,15). The Bertz CT molecular complexity index is 487. The minimum absolute atomic E-state index is 0.307. The van der Waals surface area contributed by atoms with Gasteiger partial charge in [0.2, 0.25) is 0 Å². The van der Waals surface area contributed by atoms with Gasteiger partial charge in [-0.3, -0.25) is 0 Å². The lowest BCUT2D eigenvalue weighted by atomic mass is 10.3. The second-order valence-electron chi connectivity index (χ2n) is 3.12. The number of hydrogen-bond acceptors (Lipinski definition) is 5. The van der Waals surface area contributed by atoms with Crippen molar-refractivity contribution >= 4 is 5.82 Å². The summed E-state index contributed by atoms with van der Waals surface area (Å²) in [6.07, 6.45) is 5.43. The molecule has 0 bridgehead atoms. The van der Waals surface area contributed by atoms with Crippen LogP contribution in [0.4, 0.5) is 5.82 Å². The number of nitrogens with zero attached hydrogens (tertiary/aromatic N) is 3. The molecule has 0 aliphatic rings. The van der Waals surface area contributed by atoms with Gasteiger partial charge >= 0.3 is 0 Å². The number of aromatic nitrogens is 2. The molecule has 0 spiro atoms. The van der Waals surface area contributed by atoms with E-state index in [1.807, 2.05) is 18.2 Å². The van der Waals surface area contributed by atoms with E-state index >= 15 is 0 Å². The fourth-order valence-corrected chi connectivity index (χ4v) is 1.31. The van der Waals surface area contributed by atoms with Crippen molar-refractivity contribution in [1.29, 1.82) is 5.26 Å². The molecule has 2 rings (SSSR count). The largest absolute Gasteiger partial charge is 0.469 e. The zero-order valence-electron chi connectivity index (χ0n) is 8.55. The van der Waals surface area contributed by atoms with E-state index in [0.717, 1.165) is 12.2 Å². The summed E-state index contributed by atoms with van der Waals surface area (Å²) in [5, 5.41) is 11.8. The molecule has 0 amide bonds. The van der Waals surface area contributed by atoms with E-state index in [2.05, 4.69) is 15.3 Å². The van der Waals surface area contributed by atoms with Crippen molar-refractivity contribution in [2.45, 2.75) is 6.42 Å². The third kappa shape index (κ3) is 2.36. The predicted molar refractivity (Wildman–Crippen MR) is 57.6 cm³/mol. The van der Waals surface area contributed by atoms with Crippen LogP contribution in [0.5, 0.6) is 0 Å². The Balaban J connectivity index is 1.93. The molecule has 2 aromatic heterocycles. The lowest BCUT2D eigenvalue weighted by Gasteiger charge is -2.04. The van der Waals surface area contributed by atoms with Crippen molar-refractivity contribution < 1.29 is 4.42 Å². The first kappa shape index (κ1) is 10.2. The van der Waals surface area contributed by atoms with Crippen molar-refractivity contribution in [2.75, 3.05) is 11.9 Å². The van der Waals surface area contributed by atoms with E-state index in [1.54, 1.807) is 12.5 Å². The highest BCUT2D eigenvalue weighted by Gasteiger charge is 2.03. The summed E-state index contributed by atoms with van der Waals surface area (Å²) in [5.74, 6) is 1.41. The molecule has 16 heavy (non-hydrogen) atoms. The van der Waals surface area contributed by atoms with Crippen LogP contribution in [0.2, 0.25) is 0 Å². The molecule has 0 unspecified atom stereocenters. The number of rotatable bonds is 4. The third-order valence-electron chi connectivity index (χ3n) is 2.05. The summed E-state index contributed by atoms with van der Waals surface area (Å²) in [7, 11) is 0. The molecule has 0 aliphatic heterocycles. The van der Waals surface area contributed by atoms with Crippen molar-refractivity contribution in [3.8, 4) is 6.07 Å². The Morgan fingerprint density at radius 1 is 1.38 bits per heavy atom. The maximum atomic E-state index is 8.79. The highest BCUT2D eigenvalue weighted by Crippen LogP contribution is 2.07. The maximum absolute atomic E-state index is 8.79. The molecule has 0 saturated carbocycles. The van der Waals surface area contributed by atoms with E-state index in [-0.39, 0.29) is 0 Å². The molecule has 2 heterocycles. The van der Waals surface area contributed by atoms with Gasteiger partial charge in [0.25, 0.3) is 0 Å². The van der Waals surface area contributed by atoms with Crippen LogP contribution >= 0.6 is 0 Å². The van der Waals surface area contributed by atoms with Crippen LogP contribution in [0.1, 0.15) is 11.5 Å².